The van der Waals surface area contributed by atoms with E-state index in [0.717, 1.165) is 22.5 Å². The number of fused-ring (bicyclic) bond motifs is 1. The van der Waals surface area contributed by atoms with Crippen LogP contribution in [0.3, 0.4) is 0 Å². The molecule has 0 aliphatic rings. The van der Waals surface area contributed by atoms with Crippen LogP contribution in [0.15, 0.2) is 55.0 Å². The molecular formula is C15H16N6. The molecule has 0 atom stereocenters. The molecule has 2 aromatic heterocycles. The van der Waals surface area contributed by atoms with Crippen molar-refractivity contribution >= 4 is 16.9 Å². The molecule has 2 heterocycles. The highest BCUT2D eigenvalue weighted by molar-refractivity contribution is 5.87. The number of nitrogens with zero attached hydrogens (tertiary/aromatic N) is 4. The van der Waals surface area contributed by atoms with E-state index >= 15 is 0 Å². The first-order valence-corrected chi connectivity index (χ1v) is 6.73. The van der Waals surface area contributed by atoms with Crippen LogP contribution in [0.2, 0.25) is 0 Å². The molecule has 0 bridgehead atoms. The van der Waals surface area contributed by atoms with E-state index in [0.29, 0.717) is 13.1 Å². The molecule has 0 fully saturated rings. The Hall–Kier alpha value is -2.73. The quantitative estimate of drug-likeness (QED) is 0.696. The van der Waals surface area contributed by atoms with Gasteiger partial charge in [0.1, 0.15) is 12.1 Å². The fraction of sp³-hybridized carbons (Fsp3) is 0.133. The van der Waals surface area contributed by atoms with E-state index in [9.17, 15) is 0 Å². The lowest BCUT2D eigenvalue weighted by Crippen LogP contribution is -2.03. The van der Waals surface area contributed by atoms with Gasteiger partial charge in [0.05, 0.1) is 17.3 Å². The van der Waals surface area contributed by atoms with E-state index in [1.54, 1.807) is 17.2 Å². The fourth-order valence-corrected chi connectivity index (χ4v) is 2.08. The molecule has 21 heavy (non-hydrogen) atoms. The molecule has 1 aromatic carbocycles. The van der Waals surface area contributed by atoms with Crippen molar-refractivity contribution in [2.45, 2.75) is 0 Å². The highest BCUT2D eigenvalue weighted by atomic mass is 15.3. The first kappa shape index (κ1) is 13.3. The third kappa shape index (κ3) is 2.75. The van der Waals surface area contributed by atoms with Gasteiger partial charge in [0.25, 0.3) is 0 Å². The molecule has 106 valence electrons. The maximum atomic E-state index is 5.41. The van der Waals surface area contributed by atoms with Gasteiger partial charge in [0.15, 0.2) is 5.65 Å². The summed E-state index contributed by atoms with van der Waals surface area (Å²) in [5, 5.41) is 8.54. The number of aromatic nitrogens is 4. The number of nitrogens with one attached hydrogen (secondary N) is 1. The van der Waals surface area contributed by atoms with Crippen LogP contribution in [0.4, 0.5) is 5.82 Å². The second-order valence-corrected chi connectivity index (χ2v) is 4.44. The van der Waals surface area contributed by atoms with E-state index in [1.807, 2.05) is 42.5 Å². The predicted molar refractivity (Wildman–Crippen MR) is 83.3 cm³/mol. The minimum absolute atomic E-state index is 0.535. The summed E-state index contributed by atoms with van der Waals surface area (Å²) in [5.74, 6) is 0.767. The monoisotopic (exact) mass is 280 g/mol. The first-order valence-electron chi connectivity index (χ1n) is 6.73. The summed E-state index contributed by atoms with van der Waals surface area (Å²) in [6.07, 6.45) is 7.18. The molecule has 3 rings (SSSR count). The van der Waals surface area contributed by atoms with Gasteiger partial charge in [0, 0.05) is 13.1 Å². The normalized spacial score (nSPS) is 11.3. The lowest BCUT2D eigenvalue weighted by Gasteiger charge is -2.05. The fourth-order valence-electron chi connectivity index (χ4n) is 2.08. The van der Waals surface area contributed by atoms with E-state index in [2.05, 4.69) is 20.4 Å². The second kappa shape index (κ2) is 6.15. The van der Waals surface area contributed by atoms with Crippen molar-refractivity contribution in [2.24, 2.45) is 5.73 Å². The number of anilines is 1. The third-order valence-corrected chi connectivity index (χ3v) is 3.06. The van der Waals surface area contributed by atoms with Crippen molar-refractivity contribution in [3.63, 3.8) is 0 Å². The van der Waals surface area contributed by atoms with Crippen LogP contribution < -0.4 is 11.1 Å². The van der Waals surface area contributed by atoms with Crippen molar-refractivity contribution in [1.82, 2.24) is 19.7 Å². The van der Waals surface area contributed by atoms with Gasteiger partial charge in [0.2, 0.25) is 0 Å². The van der Waals surface area contributed by atoms with Gasteiger partial charge >= 0.3 is 0 Å². The number of nitrogens with two attached hydrogens (primary N) is 1. The van der Waals surface area contributed by atoms with E-state index in [-0.39, 0.29) is 0 Å². The Labute approximate surface area is 122 Å². The summed E-state index contributed by atoms with van der Waals surface area (Å²) in [6.45, 7) is 1.20. The van der Waals surface area contributed by atoms with E-state index in [4.69, 9.17) is 5.73 Å². The molecule has 3 aromatic rings. The maximum Gasteiger partial charge on any atom is 0.168 e. The first-order chi connectivity index (χ1) is 10.4. The molecule has 3 N–H and O–H groups in total. The summed E-state index contributed by atoms with van der Waals surface area (Å²) < 4.78 is 1.80. The Bertz CT molecular complexity index is 747. The summed E-state index contributed by atoms with van der Waals surface area (Å²) in [4.78, 5) is 8.60. The number of rotatable bonds is 5. The topological polar surface area (TPSA) is 81.7 Å². The zero-order valence-electron chi connectivity index (χ0n) is 11.5. The SMILES string of the molecule is NC/C=C/CNc1ncnc2c1cnn2-c1ccccc1. The van der Waals surface area contributed by atoms with Crippen LogP contribution in [-0.4, -0.2) is 32.8 Å². The average Bonchev–Trinajstić information content (AvgIpc) is 2.97. The van der Waals surface area contributed by atoms with E-state index in [1.165, 1.54) is 0 Å². The number of hydrogen-bond acceptors (Lipinski definition) is 5. The molecule has 6 heteroatoms. The zero-order chi connectivity index (χ0) is 14.5. The zero-order valence-corrected chi connectivity index (χ0v) is 11.5. The smallest absolute Gasteiger partial charge is 0.168 e. The predicted octanol–water partition coefficient (Wildman–Crippen LogP) is 1.74. The summed E-state index contributed by atoms with van der Waals surface area (Å²) in [7, 11) is 0. The highest BCUT2D eigenvalue weighted by Gasteiger charge is 2.10. The van der Waals surface area contributed by atoms with Gasteiger partial charge in [-0.3, -0.25) is 0 Å². The maximum absolute atomic E-state index is 5.41. The Morgan fingerprint density at radius 3 is 2.81 bits per heavy atom. The molecule has 0 spiro atoms. The Kier molecular flexibility index (Phi) is 3.88. The number of para-hydroxylation sites is 1. The molecule has 0 saturated heterocycles. The molecule has 0 saturated carbocycles. The molecule has 0 aliphatic carbocycles. The second-order valence-electron chi connectivity index (χ2n) is 4.44. The van der Waals surface area contributed by atoms with Gasteiger partial charge in [-0.25, -0.2) is 14.6 Å². The number of benzene rings is 1. The van der Waals surface area contributed by atoms with Crippen molar-refractivity contribution in [3.05, 3.63) is 55.0 Å². The van der Waals surface area contributed by atoms with Gasteiger partial charge in [-0.05, 0) is 12.1 Å². The Morgan fingerprint density at radius 1 is 1.14 bits per heavy atom. The molecule has 6 nitrogen and oxygen atoms in total. The van der Waals surface area contributed by atoms with E-state index < -0.39 is 0 Å². The summed E-state index contributed by atoms with van der Waals surface area (Å²) >= 11 is 0. The Morgan fingerprint density at radius 2 is 2.00 bits per heavy atom. The van der Waals surface area contributed by atoms with Crippen LogP contribution in [0.25, 0.3) is 16.7 Å². The summed E-state index contributed by atoms with van der Waals surface area (Å²) in [5.41, 5.74) is 7.16. The largest absolute Gasteiger partial charge is 0.366 e. The highest BCUT2D eigenvalue weighted by Crippen LogP contribution is 2.21. The third-order valence-electron chi connectivity index (χ3n) is 3.06. The Balaban J connectivity index is 1.95. The average molecular weight is 280 g/mol. The lowest BCUT2D eigenvalue weighted by molar-refractivity contribution is 0.895. The van der Waals surface area contributed by atoms with Crippen molar-refractivity contribution in [1.29, 1.82) is 0 Å². The number of hydrogen-bond donors (Lipinski definition) is 2. The van der Waals surface area contributed by atoms with Gasteiger partial charge in [-0.2, -0.15) is 5.10 Å². The molecule has 0 radical (unpaired) electrons. The van der Waals surface area contributed by atoms with Crippen molar-refractivity contribution in [3.8, 4) is 5.69 Å². The van der Waals surface area contributed by atoms with Crippen LogP contribution in [0.5, 0.6) is 0 Å². The summed E-state index contributed by atoms with van der Waals surface area (Å²) in [6, 6.07) is 9.90. The van der Waals surface area contributed by atoms with Crippen molar-refractivity contribution < 1.29 is 0 Å². The van der Waals surface area contributed by atoms with Gasteiger partial charge in [-0.1, -0.05) is 30.4 Å². The molecule has 0 unspecified atom stereocenters. The van der Waals surface area contributed by atoms with Crippen LogP contribution in [-0.2, 0) is 0 Å². The van der Waals surface area contributed by atoms with Crippen LogP contribution in [0.1, 0.15) is 0 Å². The minimum atomic E-state index is 0.535. The standard InChI is InChI=1S/C15H16N6/c16-8-4-5-9-17-14-13-10-20-21(15(13)19-11-18-14)12-6-2-1-3-7-12/h1-7,10-11H,8-9,16H2,(H,17,18,19)/b5-4+. The lowest BCUT2D eigenvalue weighted by atomic mass is 10.3. The van der Waals surface area contributed by atoms with Crippen molar-refractivity contribution in [2.75, 3.05) is 18.4 Å². The van der Waals surface area contributed by atoms with Gasteiger partial charge in [-0.15, -0.1) is 0 Å². The molecular weight excluding hydrogens is 264 g/mol. The molecule has 0 amide bonds. The van der Waals surface area contributed by atoms with Gasteiger partial charge < -0.3 is 11.1 Å². The minimum Gasteiger partial charge on any atom is -0.366 e. The van der Waals surface area contributed by atoms with Crippen LogP contribution >= 0.6 is 0 Å². The molecule has 0 aliphatic heterocycles. The van der Waals surface area contributed by atoms with Crippen LogP contribution in [0, 0.1) is 0 Å².